The highest BCUT2D eigenvalue weighted by Gasteiger charge is 2.60. The first-order chi connectivity index (χ1) is 21.7. The highest BCUT2D eigenvalue weighted by Crippen LogP contribution is 2.45. The summed E-state index contributed by atoms with van der Waals surface area (Å²) in [6.07, 6.45) is -2.25. The molecule has 0 aliphatic carbocycles. The number of imidazole rings is 1. The van der Waals surface area contributed by atoms with Crippen molar-refractivity contribution >= 4 is 46.6 Å². The van der Waals surface area contributed by atoms with Crippen molar-refractivity contribution in [1.82, 2.24) is 19.5 Å². The van der Waals surface area contributed by atoms with Crippen LogP contribution in [0.15, 0.2) is 97.3 Å². The second-order valence-electron chi connectivity index (χ2n) is 10.3. The van der Waals surface area contributed by atoms with Crippen molar-refractivity contribution in [2.45, 2.75) is 31.0 Å². The van der Waals surface area contributed by atoms with Gasteiger partial charge in [-0.1, -0.05) is 66.2 Å². The lowest BCUT2D eigenvalue weighted by atomic mass is 9.95. The summed E-state index contributed by atoms with van der Waals surface area (Å²) in [6.45, 7) is 1.19. The molecule has 45 heavy (non-hydrogen) atoms. The van der Waals surface area contributed by atoms with Crippen LogP contribution in [0.4, 0.5) is 5.95 Å². The number of fused-ring (bicyclic) bond motifs is 1. The molecule has 2 N–H and O–H groups in total. The zero-order valence-corrected chi connectivity index (χ0v) is 24.5. The lowest BCUT2D eigenvalue weighted by molar-refractivity contribution is -0.108. The van der Waals surface area contributed by atoms with Crippen molar-refractivity contribution in [2.75, 3.05) is 12.3 Å². The summed E-state index contributed by atoms with van der Waals surface area (Å²) < 4.78 is 25.7. The van der Waals surface area contributed by atoms with E-state index in [-0.39, 0.29) is 40.0 Å². The van der Waals surface area contributed by atoms with E-state index in [1.165, 1.54) is 10.9 Å². The van der Waals surface area contributed by atoms with Gasteiger partial charge in [0.05, 0.1) is 23.0 Å². The van der Waals surface area contributed by atoms with Crippen molar-refractivity contribution < 1.29 is 33.3 Å². The van der Waals surface area contributed by atoms with Crippen molar-refractivity contribution in [2.24, 2.45) is 0 Å². The first-order valence-electron chi connectivity index (χ1n) is 13.8. The minimum Gasteiger partial charge on any atom is -0.459 e. The van der Waals surface area contributed by atoms with Gasteiger partial charge < -0.3 is 24.7 Å². The average molecular weight is 628 g/mol. The number of carbonyl (C=O) groups is 3. The zero-order chi connectivity index (χ0) is 31.6. The first-order valence-corrected chi connectivity index (χ1v) is 14.2. The molecule has 3 aromatic carbocycles. The fourth-order valence-corrected chi connectivity index (χ4v) is 5.35. The molecule has 2 aromatic heterocycles. The molecule has 1 aliphatic heterocycles. The third-order valence-electron chi connectivity index (χ3n) is 7.30. The standard InChI is InChI=1S/C32H26ClN5O7/c1-32(45-29(41)21-15-9-4-10-16-21)24(44-28(40)20-13-7-3-8-14-20)22(17-42-27(39)19-11-5-2-6-12-19)43-30(32)38-18-35-23-25(33)36-31(34)37-26(23)38/h2-16,18,22,24,30H,17H2,1H3,(H2,34,36,37)/t22-,24?,30-,32-/m1/s1. The number of anilines is 1. The second-order valence-corrected chi connectivity index (χ2v) is 10.7. The molecule has 4 atom stereocenters. The molecule has 0 saturated carbocycles. The quantitative estimate of drug-likeness (QED) is 0.145. The lowest BCUT2D eigenvalue weighted by Gasteiger charge is -2.34. The van der Waals surface area contributed by atoms with E-state index in [0.717, 1.165) is 0 Å². The summed E-state index contributed by atoms with van der Waals surface area (Å²) >= 11 is 6.29. The van der Waals surface area contributed by atoms with Gasteiger partial charge in [-0.05, 0) is 43.3 Å². The molecule has 1 fully saturated rings. The summed E-state index contributed by atoms with van der Waals surface area (Å²) in [5.74, 6) is -2.18. The Morgan fingerprint density at radius 3 is 2.02 bits per heavy atom. The first kappa shape index (κ1) is 29.7. The Labute approximate surface area is 261 Å². The molecule has 5 aromatic rings. The SMILES string of the molecule is C[C@@]1(OC(=O)c2ccccc2)C(OC(=O)c2ccccc2)[C@@H](COC(=O)c2ccccc2)O[C@H]1n1cnc2c(Cl)nc(N)nc21. The molecule has 6 rings (SSSR count). The van der Waals surface area contributed by atoms with Crippen LogP contribution in [0.5, 0.6) is 0 Å². The minimum absolute atomic E-state index is 0.00220. The molecule has 228 valence electrons. The number of rotatable bonds is 8. The smallest absolute Gasteiger partial charge is 0.338 e. The highest BCUT2D eigenvalue weighted by molar-refractivity contribution is 6.33. The molecular weight excluding hydrogens is 602 g/mol. The zero-order valence-electron chi connectivity index (χ0n) is 23.8. The Hall–Kier alpha value is -5.33. The van der Waals surface area contributed by atoms with Gasteiger partial charge in [0, 0.05) is 0 Å². The number of hydrogen-bond donors (Lipinski definition) is 1. The van der Waals surface area contributed by atoms with Gasteiger partial charge in [-0.15, -0.1) is 0 Å². The second kappa shape index (κ2) is 12.3. The summed E-state index contributed by atoms with van der Waals surface area (Å²) in [4.78, 5) is 52.5. The molecule has 0 radical (unpaired) electrons. The van der Waals surface area contributed by atoms with Crippen LogP contribution in [-0.4, -0.2) is 61.8 Å². The van der Waals surface area contributed by atoms with E-state index in [1.807, 2.05) is 0 Å². The fraction of sp³-hybridized carbons (Fsp3) is 0.188. The predicted molar refractivity (Wildman–Crippen MR) is 161 cm³/mol. The number of nitrogen functional groups attached to an aromatic ring is 1. The number of benzene rings is 3. The van der Waals surface area contributed by atoms with Crippen molar-refractivity contribution in [3.63, 3.8) is 0 Å². The number of nitrogens with two attached hydrogens (primary N) is 1. The van der Waals surface area contributed by atoms with E-state index in [1.54, 1.807) is 97.9 Å². The molecule has 0 spiro atoms. The van der Waals surface area contributed by atoms with Crippen LogP contribution in [0, 0.1) is 0 Å². The average Bonchev–Trinajstić information content (AvgIpc) is 3.59. The number of hydrogen-bond acceptors (Lipinski definition) is 11. The maximum atomic E-state index is 13.6. The van der Waals surface area contributed by atoms with Gasteiger partial charge in [-0.25, -0.2) is 19.4 Å². The molecule has 13 heteroatoms. The third kappa shape index (κ3) is 5.93. The normalized spacial score (nSPS) is 20.9. The van der Waals surface area contributed by atoms with Crippen LogP contribution >= 0.6 is 11.6 Å². The number of halogens is 1. The molecule has 12 nitrogen and oxygen atoms in total. The third-order valence-corrected chi connectivity index (χ3v) is 7.56. The summed E-state index contributed by atoms with van der Waals surface area (Å²) in [6, 6.07) is 25.0. The molecule has 1 aliphatic rings. The number of ether oxygens (including phenoxy) is 4. The van der Waals surface area contributed by atoms with E-state index in [0.29, 0.717) is 5.56 Å². The topological polar surface area (TPSA) is 158 Å². The van der Waals surface area contributed by atoms with Crippen molar-refractivity contribution in [3.05, 3.63) is 119 Å². The van der Waals surface area contributed by atoms with E-state index in [4.69, 9.17) is 36.3 Å². The van der Waals surface area contributed by atoms with Crippen LogP contribution in [-0.2, 0) is 18.9 Å². The van der Waals surface area contributed by atoms with Gasteiger partial charge in [0.1, 0.15) is 18.2 Å². The molecule has 1 unspecified atom stereocenters. The number of esters is 3. The fourth-order valence-electron chi connectivity index (χ4n) is 5.13. The Bertz CT molecular complexity index is 1860. The Kier molecular flexibility index (Phi) is 8.16. The number of carbonyl (C=O) groups excluding carboxylic acids is 3. The van der Waals surface area contributed by atoms with Gasteiger partial charge in [-0.3, -0.25) is 4.57 Å². The molecular formula is C32H26ClN5O7. The maximum Gasteiger partial charge on any atom is 0.338 e. The summed E-state index contributed by atoms with van der Waals surface area (Å²) in [5.41, 5.74) is 5.35. The van der Waals surface area contributed by atoms with E-state index in [2.05, 4.69) is 15.0 Å². The molecule has 3 heterocycles. The van der Waals surface area contributed by atoms with Crippen LogP contribution < -0.4 is 5.73 Å². The number of aromatic nitrogens is 4. The van der Waals surface area contributed by atoms with E-state index < -0.39 is 41.9 Å². The summed E-state index contributed by atoms with van der Waals surface area (Å²) in [5, 5.41) is -0.00220. The summed E-state index contributed by atoms with van der Waals surface area (Å²) in [7, 11) is 0. The van der Waals surface area contributed by atoms with Gasteiger partial charge in [-0.2, -0.15) is 9.97 Å². The van der Waals surface area contributed by atoms with E-state index in [9.17, 15) is 14.4 Å². The predicted octanol–water partition coefficient (Wildman–Crippen LogP) is 4.66. The minimum atomic E-state index is -1.74. The van der Waals surface area contributed by atoms with Crippen molar-refractivity contribution in [1.29, 1.82) is 0 Å². The highest BCUT2D eigenvalue weighted by atomic mass is 35.5. The molecule has 0 bridgehead atoms. The lowest BCUT2D eigenvalue weighted by Crippen LogP contribution is -2.50. The van der Waals surface area contributed by atoms with E-state index >= 15 is 0 Å². The Morgan fingerprint density at radius 1 is 0.867 bits per heavy atom. The van der Waals surface area contributed by atoms with Crippen LogP contribution in [0.25, 0.3) is 11.2 Å². The van der Waals surface area contributed by atoms with Gasteiger partial charge in [0.15, 0.2) is 28.7 Å². The monoisotopic (exact) mass is 627 g/mol. The van der Waals surface area contributed by atoms with Gasteiger partial charge in [0.25, 0.3) is 0 Å². The Morgan fingerprint density at radius 2 is 1.42 bits per heavy atom. The molecule has 1 saturated heterocycles. The Balaban J connectivity index is 1.43. The van der Waals surface area contributed by atoms with Crippen LogP contribution in [0.3, 0.4) is 0 Å². The van der Waals surface area contributed by atoms with Crippen LogP contribution in [0.1, 0.15) is 44.2 Å². The van der Waals surface area contributed by atoms with Crippen molar-refractivity contribution in [3.8, 4) is 0 Å². The maximum absolute atomic E-state index is 13.6. The van der Waals surface area contributed by atoms with Crippen LogP contribution in [0.2, 0.25) is 5.15 Å². The largest absolute Gasteiger partial charge is 0.459 e. The molecule has 0 amide bonds. The van der Waals surface area contributed by atoms with Gasteiger partial charge in [0.2, 0.25) is 5.95 Å². The van der Waals surface area contributed by atoms with Gasteiger partial charge >= 0.3 is 17.9 Å². The number of nitrogens with zero attached hydrogens (tertiary/aromatic N) is 4.